The summed E-state index contributed by atoms with van der Waals surface area (Å²) in [5, 5.41) is 3.41. The summed E-state index contributed by atoms with van der Waals surface area (Å²) < 4.78 is 24.1. The molecule has 11 heteroatoms. The van der Waals surface area contributed by atoms with Crippen molar-refractivity contribution in [2.45, 2.75) is 90.3 Å². The van der Waals surface area contributed by atoms with Gasteiger partial charge in [0.1, 0.15) is 17.6 Å². The number of anilines is 1. The summed E-state index contributed by atoms with van der Waals surface area (Å²) in [6, 6.07) is 9.37. The number of rotatable bonds is 6. The average Bonchev–Trinajstić information content (AvgIpc) is 3.54. The van der Waals surface area contributed by atoms with Crippen LogP contribution in [0.15, 0.2) is 30.3 Å². The van der Waals surface area contributed by atoms with Crippen molar-refractivity contribution in [1.82, 2.24) is 14.8 Å². The molecule has 2 aromatic rings. The quantitative estimate of drug-likeness (QED) is 0.499. The van der Waals surface area contributed by atoms with Gasteiger partial charge in [0.05, 0.1) is 23.5 Å². The van der Waals surface area contributed by atoms with Crippen molar-refractivity contribution in [3.63, 3.8) is 0 Å². The normalized spacial score (nSPS) is 23.0. The molecule has 5 rings (SSSR count). The molecular formula is C31H43BN4O6. The number of nitrogens with zero attached hydrogens (tertiary/aromatic N) is 3. The summed E-state index contributed by atoms with van der Waals surface area (Å²) in [6.45, 7) is 15.3. The first kappa shape index (κ1) is 30.5. The molecule has 10 nitrogen and oxygen atoms in total. The Hall–Kier alpha value is -2.99. The third-order valence-electron chi connectivity index (χ3n) is 8.35. The zero-order valence-corrected chi connectivity index (χ0v) is 26.2. The summed E-state index contributed by atoms with van der Waals surface area (Å²) in [7, 11) is 3.27. The van der Waals surface area contributed by atoms with Gasteiger partial charge in [0, 0.05) is 30.2 Å². The molecule has 3 aliphatic heterocycles. The Morgan fingerprint density at radius 2 is 1.83 bits per heavy atom. The first-order valence-electron chi connectivity index (χ1n) is 14.6. The van der Waals surface area contributed by atoms with Gasteiger partial charge in [0.25, 0.3) is 5.91 Å². The summed E-state index contributed by atoms with van der Waals surface area (Å²) in [5.74, 6) is 0.365. The predicted octanol–water partition coefficient (Wildman–Crippen LogP) is 4.45. The van der Waals surface area contributed by atoms with Crippen molar-refractivity contribution >= 4 is 30.4 Å². The minimum Gasteiger partial charge on any atom is -0.443 e. The van der Waals surface area contributed by atoms with Crippen molar-refractivity contribution in [3.8, 4) is 0 Å². The lowest BCUT2D eigenvalue weighted by atomic mass is 9.74. The molecule has 0 radical (unpaired) electrons. The number of carbonyl (C=O) groups is 2. The molecule has 42 heavy (non-hydrogen) atoms. The van der Waals surface area contributed by atoms with Gasteiger partial charge in [-0.25, -0.2) is 14.7 Å². The van der Waals surface area contributed by atoms with Crippen LogP contribution in [0.1, 0.15) is 94.1 Å². The van der Waals surface area contributed by atoms with Crippen LogP contribution < -0.4 is 10.8 Å². The third kappa shape index (κ3) is 5.80. The number of nitrogens with one attached hydrogen (secondary N) is 1. The van der Waals surface area contributed by atoms with E-state index in [0.717, 1.165) is 29.2 Å². The largest absolute Gasteiger partial charge is 0.495 e. The van der Waals surface area contributed by atoms with Crippen LogP contribution in [-0.2, 0) is 25.3 Å². The Morgan fingerprint density at radius 3 is 2.43 bits per heavy atom. The molecule has 226 valence electrons. The summed E-state index contributed by atoms with van der Waals surface area (Å²) in [6.07, 6.45) is -0.685. The van der Waals surface area contributed by atoms with E-state index < -0.39 is 42.1 Å². The zero-order valence-electron chi connectivity index (χ0n) is 26.2. The second-order valence-corrected chi connectivity index (χ2v) is 13.6. The summed E-state index contributed by atoms with van der Waals surface area (Å²) in [5.41, 5.74) is 1.78. The van der Waals surface area contributed by atoms with E-state index >= 15 is 0 Å². The molecule has 2 fully saturated rings. The molecule has 2 atom stereocenters. The van der Waals surface area contributed by atoms with Crippen LogP contribution in [0.3, 0.4) is 0 Å². The van der Waals surface area contributed by atoms with Crippen LogP contribution in [0.25, 0.3) is 0 Å². The number of hydrogen-bond donors (Lipinski definition) is 1. The SMILES string of the molecule is CN(C)Cc1nc(NC2c3c(B4OC(C)(C)C(C)(C)O4)cccc3C(=O)N2C(=O)OC(C)(C)C)ccc1C1CCOC1. The van der Waals surface area contributed by atoms with Crippen LogP contribution in [0.2, 0.25) is 0 Å². The fourth-order valence-electron chi connectivity index (χ4n) is 5.57. The topological polar surface area (TPSA) is 102 Å². The van der Waals surface area contributed by atoms with Crippen LogP contribution in [-0.4, -0.2) is 78.0 Å². The highest BCUT2D eigenvalue weighted by Gasteiger charge is 2.54. The highest BCUT2D eigenvalue weighted by molar-refractivity contribution is 6.63. The van der Waals surface area contributed by atoms with Crippen LogP contribution in [0.5, 0.6) is 0 Å². The number of ether oxygens (including phenoxy) is 2. The fraction of sp³-hybridized carbons (Fsp3) is 0.581. The maximum absolute atomic E-state index is 13.8. The molecule has 0 saturated carbocycles. The van der Waals surface area contributed by atoms with Gasteiger partial charge in [-0.15, -0.1) is 0 Å². The number of pyridine rings is 1. The van der Waals surface area contributed by atoms with Gasteiger partial charge >= 0.3 is 13.2 Å². The lowest BCUT2D eigenvalue weighted by Crippen LogP contribution is -2.43. The maximum atomic E-state index is 13.8. The molecule has 1 aromatic heterocycles. The number of fused-ring (bicyclic) bond motifs is 1. The van der Waals surface area contributed by atoms with Gasteiger partial charge in [0.15, 0.2) is 0 Å². The Morgan fingerprint density at radius 1 is 1.14 bits per heavy atom. The highest BCUT2D eigenvalue weighted by atomic mass is 16.7. The van der Waals surface area contributed by atoms with Gasteiger partial charge in [-0.1, -0.05) is 18.2 Å². The van der Waals surface area contributed by atoms with Crippen molar-refractivity contribution < 1.29 is 28.4 Å². The molecule has 2 saturated heterocycles. The fourth-order valence-corrected chi connectivity index (χ4v) is 5.57. The molecule has 2 unspecified atom stereocenters. The molecule has 0 spiro atoms. The van der Waals surface area contributed by atoms with Crippen molar-refractivity contribution in [3.05, 3.63) is 52.7 Å². The number of imide groups is 1. The molecule has 0 aliphatic carbocycles. The standard InChI is InChI=1S/C31H43BN4O6/c1-29(2,3)40-28(38)36-26(34-24-14-13-20(19-15-16-39-18-19)23(33-24)17-35(8)9)25-21(27(36)37)11-10-12-22(25)32-41-30(4,5)31(6,7)42-32/h10-14,19,26H,15-18H2,1-9H3,(H,33,34). The van der Waals surface area contributed by atoms with E-state index in [9.17, 15) is 9.59 Å². The van der Waals surface area contributed by atoms with Crippen LogP contribution in [0.4, 0.5) is 10.6 Å². The first-order valence-corrected chi connectivity index (χ1v) is 14.6. The van der Waals surface area contributed by atoms with E-state index in [2.05, 4.69) is 16.3 Å². The molecular weight excluding hydrogens is 535 g/mol. The maximum Gasteiger partial charge on any atom is 0.495 e. The Balaban J connectivity index is 1.58. The highest BCUT2D eigenvalue weighted by Crippen LogP contribution is 2.40. The lowest BCUT2D eigenvalue weighted by molar-refractivity contribution is 0.00578. The van der Waals surface area contributed by atoms with E-state index in [1.165, 1.54) is 0 Å². The monoisotopic (exact) mass is 578 g/mol. The second-order valence-electron chi connectivity index (χ2n) is 13.6. The van der Waals surface area contributed by atoms with Crippen LogP contribution in [0, 0.1) is 0 Å². The van der Waals surface area contributed by atoms with Gasteiger partial charge in [-0.05, 0) is 92.1 Å². The van der Waals surface area contributed by atoms with Crippen molar-refractivity contribution in [2.24, 2.45) is 0 Å². The number of hydrogen-bond acceptors (Lipinski definition) is 9. The first-order chi connectivity index (χ1) is 19.6. The van der Waals surface area contributed by atoms with Gasteiger partial charge in [-0.3, -0.25) is 4.79 Å². The number of aromatic nitrogens is 1. The zero-order chi connectivity index (χ0) is 30.6. The van der Waals surface area contributed by atoms with E-state index in [4.69, 9.17) is 23.8 Å². The predicted molar refractivity (Wildman–Crippen MR) is 161 cm³/mol. The number of carbonyl (C=O) groups excluding carboxylic acids is 2. The average molecular weight is 579 g/mol. The van der Waals surface area contributed by atoms with E-state index in [0.29, 0.717) is 35.6 Å². The van der Waals surface area contributed by atoms with Crippen molar-refractivity contribution in [1.29, 1.82) is 0 Å². The van der Waals surface area contributed by atoms with Gasteiger partial charge in [0.2, 0.25) is 0 Å². The molecule has 2 amide bonds. The third-order valence-corrected chi connectivity index (χ3v) is 8.35. The lowest BCUT2D eigenvalue weighted by Gasteiger charge is -2.32. The Labute approximate surface area is 249 Å². The molecule has 0 bridgehead atoms. The van der Waals surface area contributed by atoms with Crippen molar-refractivity contribution in [2.75, 3.05) is 32.6 Å². The van der Waals surface area contributed by atoms with Crippen LogP contribution >= 0.6 is 0 Å². The molecule has 4 heterocycles. The van der Waals surface area contributed by atoms with E-state index in [1.807, 2.05) is 53.9 Å². The Kier molecular flexibility index (Phi) is 7.93. The van der Waals surface area contributed by atoms with E-state index in [-0.39, 0.29) is 5.92 Å². The Bertz CT molecular complexity index is 1350. The minimum absolute atomic E-state index is 0.281. The van der Waals surface area contributed by atoms with Gasteiger partial charge < -0.3 is 29.0 Å². The number of benzene rings is 1. The molecule has 1 aromatic carbocycles. The smallest absolute Gasteiger partial charge is 0.443 e. The minimum atomic E-state index is -0.891. The van der Waals surface area contributed by atoms with Gasteiger partial charge in [-0.2, -0.15) is 0 Å². The summed E-state index contributed by atoms with van der Waals surface area (Å²) >= 11 is 0. The second kappa shape index (κ2) is 10.9. The van der Waals surface area contributed by atoms with E-state index in [1.54, 1.807) is 32.9 Å². The number of amides is 2. The molecule has 1 N–H and O–H groups in total. The molecule has 3 aliphatic rings. The summed E-state index contributed by atoms with van der Waals surface area (Å²) in [4.78, 5) is 35.6.